The lowest BCUT2D eigenvalue weighted by Gasteiger charge is -2.30. The largest absolute Gasteiger partial charge is 0.465 e. The Morgan fingerprint density at radius 1 is 1.62 bits per heavy atom. The number of nitrogens with zero attached hydrogens (tertiary/aromatic N) is 1. The molecule has 4 heteroatoms. The van der Waals surface area contributed by atoms with Gasteiger partial charge in [-0.05, 0) is 32.1 Å². The maximum Gasteiger partial charge on any atom is 0.407 e. The predicted molar refractivity (Wildman–Crippen MR) is 52.3 cm³/mol. The lowest BCUT2D eigenvalue weighted by Crippen LogP contribution is -2.37. The highest BCUT2D eigenvalue weighted by molar-refractivity contribution is 6.20. The average Bonchev–Trinajstić information content (AvgIpc) is 2.04. The number of rotatable bonds is 2. The molecule has 1 fully saturated rings. The molecule has 1 aliphatic heterocycles. The van der Waals surface area contributed by atoms with Crippen LogP contribution in [0.4, 0.5) is 4.79 Å². The molecular formula is C9H16ClNO2. The van der Waals surface area contributed by atoms with E-state index in [2.05, 4.69) is 0 Å². The molecule has 1 saturated heterocycles. The van der Waals surface area contributed by atoms with Gasteiger partial charge in [0, 0.05) is 18.5 Å². The van der Waals surface area contributed by atoms with Crippen molar-refractivity contribution >= 4 is 17.7 Å². The van der Waals surface area contributed by atoms with Gasteiger partial charge in [0.2, 0.25) is 0 Å². The molecule has 13 heavy (non-hydrogen) atoms. The Hall–Kier alpha value is -0.440. The second-order valence-corrected chi connectivity index (χ2v) is 4.47. The Labute approximate surface area is 83.7 Å². The van der Waals surface area contributed by atoms with Gasteiger partial charge in [0.1, 0.15) is 0 Å². The van der Waals surface area contributed by atoms with E-state index in [1.165, 1.54) is 4.90 Å². The van der Waals surface area contributed by atoms with Crippen molar-refractivity contribution in [1.29, 1.82) is 0 Å². The highest BCUT2D eigenvalue weighted by Crippen LogP contribution is 2.23. The fourth-order valence-corrected chi connectivity index (χ4v) is 2.07. The van der Waals surface area contributed by atoms with Crippen LogP contribution in [0.25, 0.3) is 0 Å². The second-order valence-electron chi connectivity index (χ2n) is 3.73. The summed E-state index contributed by atoms with van der Waals surface area (Å²) in [4.78, 5) is 12.1. The monoisotopic (exact) mass is 205 g/mol. The molecule has 1 atom stereocenters. The lowest BCUT2D eigenvalue weighted by atomic mass is 9.92. The summed E-state index contributed by atoms with van der Waals surface area (Å²) in [6.07, 6.45) is 2.14. The van der Waals surface area contributed by atoms with E-state index < -0.39 is 6.09 Å². The quantitative estimate of drug-likeness (QED) is 0.704. The number of carbonyl (C=O) groups is 1. The predicted octanol–water partition coefficient (Wildman–Crippen LogP) is 2.39. The van der Waals surface area contributed by atoms with Crippen LogP contribution >= 0.6 is 11.6 Å². The molecule has 1 heterocycles. The Morgan fingerprint density at radius 3 is 2.54 bits per heavy atom. The summed E-state index contributed by atoms with van der Waals surface area (Å²) in [7, 11) is 0. The second kappa shape index (κ2) is 4.70. The number of likely N-dealkylation sites (tertiary alicyclic amines) is 1. The van der Waals surface area contributed by atoms with Gasteiger partial charge in [-0.2, -0.15) is 0 Å². The number of hydrogen-bond donors (Lipinski definition) is 1. The normalized spacial score (nSPS) is 21.5. The van der Waals surface area contributed by atoms with Crippen LogP contribution in [0.5, 0.6) is 0 Å². The number of hydrogen-bond acceptors (Lipinski definition) is 1. The number of carboxylic acid groups (broad SMARTS) is 1. The molecule has 0 aromatic heterocycles. The summed E-state index contributed by atoms with van der Waals surface area (Å²) in [5.41, 5.74) is 0. The summed E-state index contributed by atoms with van der Waals surface area (Å²) in [5.74, 6) is 0.614. The average molecular weight is 206 g/mol. The lowest BCUT2D eigenvalue weighted by molar-refractivity contribution is 0.123. The van der Waals surface area contributed by atoms with E-state index in [-0.39, 0.29) is 5.38 Å². The van der Waals surface area contributed by atoms with Crippen LogP contribution in [-0.2, 0) is 0 Å². The molecule has 0 saturated carbocycles. The standard InChI is InChI=1S/C9H16ClNO2/c1-7(10)6-8-2-4-11(5-3-8)9(12)13/h7-8H,2-6H2,1H3,(H,12,13). The summed E-state index contributed by atoms with van der Waals surface area (Å²) in [5, 5.41) is 8.92. The van der Waals surface area contributed by atoms with Crippen molar-refractivity contribution in [2.75, 3.05) is 13.1 Å². The molecule has 1 rings (SSSR count). The Balaban J connectivity index is 2.26. The van der Waals surface area contributed by atoms with Gasteiger partial charge in [0.15, 0.2) is 0 Å². The zero-order valence-corrected chi connectivity index (χ0v) is 8.63. The van der Waals surface area contributed by atoms with E-state index in [1.54, 1.807) is 0 Å². The number of piperidine rings is 1. The molecule has 1 N–H and O–H groups in total. The van der Waals surface area contributed by atoms with E-state index >= 15 is 0 Å². The van der Waals surface area contributed by atoms with Gasteiger partial charge in [-0.15, -0.1) is 11.6 Å². The van der Waals surface area contributed by atoms with Crippen LogP contribution in [0.1, 0.15) is 26.2 Å². The molecule has 0 spiro atoms. The molecule has 3 nitrogen and oxygen atoms in total. The van der Waals surface area contributed by atoms with Crippen LogP contribution in [0.15, 0.2) is 0 Å². The van der Waals surface area contributed by atoms with Gasteiger partial charge in [-0.25, -0.2) is 4.79 Å². The van der Waals surface area contributed by atoms with Gasteiger partial charge >= 0.3 is 6.09 Å². The van der Waals surface area contributed by atoms with Crippen molar-refractivity contribution in [3.63, 3.8) is 0 Å². The maximum absolute atomic E-state index is 10.6. The molecular weight excluding hydrogens is 190 g/mol. The summed E-state index contributed by atoms with van der Waals surface area (Å²) < 4.78 is 0. The molecule has 76 valence electrons. The molecule has 0 aliphatic carbocycles. The third-order valence-corrected chi connectivity index (χ3v) is 2.72. The van der Waals surface area contributed by atoms with Gasteiger partial charge in [-0.1, -0.05) is 0 Å². The highest BCUT2D eigenvalue weighted by Gasteiger charge is 2.22. The summed E-state index contributed by atoms with van der Waals surface area (Å²) in [6.45, 7) is 3.33. The number of alkyl halides is 1. The molecule has 0 radical (unpaired) electrons. The molecule has 1 amide bonds. The Kier molecular flexibility index (Phi) is 3.85. The number of amides is 1. The minimum Gasteiger partial charge on any atom is -0.465 e. The van der Waals surface area contributed by atoms with E-state index in [9.17, 15) is 4.79 Å². The Bertz CT molecular complexity index is 176. The fraction of sp³-hybridized carbons (Fsp3) is 0.889. The van der Waals surface area contributed by atoms with E-state index in [4.69, 9.17) is 16.7 Å². The van der Waals surface area contributed by atoms with Crippen molar-refractivity contribution in [3.05, 3.63) is 0 Å². The van der Waals surface area contributed by atoms with Crippen molar-refractivity contribution in [1.82, 2.24) is 4.90 Å². The minimum absolute atomic E-state index is 0.210. The third-order valence-electron chi connectivity index (χ3n) is 2.54. The van der Waals surface area contributed by atoms with Crippen molar-refractivity contribution < 1.29 is 9.90 Å². The van der Waals surface area contributed by atoms with E-state index in [0.717, 1.165) is 19.3 Å². The van der Waals surface area contributed by atoms with Gasteiger partial charge < -0.3 is 10.0 Å². The van der Waals surface area contributed by atoms with E-state index in [0.29, 0.717) is 19.0 Å². The fourth-order valence-electron chi connectivity index (χ4n) is 1.82. The third kappa shape index (κ3) is 3.43. The topological polar surface area (TPSA) is 40.5 Å². The van der Waals surface area contributed by atoms with Crippen LogP contribution < -0.4 is 0 Å². The molecule has 0 aromatic carbocycles. The van der Waals surface area contributed by atoms with Crippen LogP contribution in [0.2, 0.25) is 0 Å². The van der Waals surface area contributed by atoms with Gasteiger partial charge in [0.05, 0.1) is 0 Å². The SMILES string of the molecule is CC(Cl)CC1CCN(C(=O)O)CC1. The van der Waals surface area contributed by atoms with E-state index in [1.807, 2.05) is 6.92 Å². The van der Waals surface area contributed by atoms with Crippen LogP contribution in [-0.4, -0.2) is 34.6 Å². The molecule has 0 aromatic rings. The summed E-state index contributed by atoms with van der Waals surface area (Å²) in [6, 6.07) is 0. The molecule has 1 unspecified atom stereocenters. The smallest absolute Gasteiger partial charge is 0.407 e. The zero-order chi connectivity index (χ0) is 9.84. The Morgan fingerprint density at radius 2 is 2.15 bits per heavy atom. The molecule has 1 aliphatic rings. The van der Waals surface area contributed by atoms with Crippen LogP contribution in [0.3, 0.4) is 0 Å². The van der Waals surface area contributed by atoms with Crippen molar-refractivity contribution in [2.24, 2.45) is 5.92 Å². The van der Waals surface area contributed by atoms with Gasteiger partial charge in [-0.3, -0.25) is 0 Å². The first kappa shape index (κ1) is 10.6. The van der Waals surface area contributed by atoms with Crippen molar-refractivity contribution in [3.8, 4) is 0 Å². The maximum atomic E-state index is 10.6. The van der Waals surface area contributed by atoms with Crippen molar-refractivity contribution in [2.45, 2.75) is 31.6 Å². The first-order valence-electron chi connectivity index (χ1n) is 4.71. The van der Waals surface area contributed by atoms with Crippen LogP contribution in [0, 0.1) is 5.92 Å². The first-order chi connectivity index (χ1) is 6.09. The summed E-state index contributed by atoms with van der Waals surface area (Å²) >= 11 is 5.88. The minimum atomic E-state index is -0.794. The first-order valence-corrected chi connectivity index (χ1v) is 5.15. The number of halogens is 1. The van der Waals surface area contributed by atoms with Gasteiger partial charge in [0.25, 0.3) is 0 Å². The highest BCUT2D eigenvalue weighted by atomic mass is 35.5. The zero-order valence-electron chi connectivity index (χ0n) is 7.87. The molecule has 0 bridgehead atoms.